The maximum Gasteiger partial charge on any atom is 0.244 e. The van der Waals surface area contributed by atoms with Crippen LogP contribution in [0.5, 0.6) is 5.75 Å². The molecule has 0 fully saturated rings. The molecule has 2 N–H and O–H groups in total. The van der Waals surface area contributed by atoms with Crippen molar-refractivity contribution >= 4 is 21.6 Å². The maximum atomic E-state index is 12.3. The van der Waals surface area contributed by atoms with E-state index in [4.69, 9.17) is 16.3 Å². The second-order valence-electron chi connectivity index (χ2n) is 5.64. The molecule has 20 heavy (non-hydrogen) atoms. The van der Waals surface area contributed by atoms with Crippen LogP contribution in [0.4, 0.5) is 0 Å². The first-order chi connectivity index (χ1) is 9.10. The normalized spacial score (nSPS) is 12.5. The Bertz CT molecular complexity index is 579. The highest BCUT2D eigenvalue weighted by molar-refractivity contribution is 7.89. The first-order valence-electron chi connectivity index (χ1n) is 6.07. The van der Waals surface area contributed by atoms with Crippen molar-refractivity contribution in [2.45, 2.75) is 32.3 Å². The van der Waals surface area contributed by atoms with Gasteiger partial charge >= 0.3 is 0 Å². The molecule has 0 aliphatic heterocycles. The molecule has 0 amide bonds. The van der Waals surface area contributed by atoms with Crippen molar-refractivity contribution in [3.63, 3.8) is 0 Å². The Kier molecular flexibility index (Phi) is 5.43. The lowest BCUT2D eigenvalue weighted by Gasteiger charge is -2.20. The van der Waals surface area contributed by atoms with E-state index in [-0.39, 0.29) is 34.2 Å². The first-order valence-corrected chi connectivity index (χ1v) is 7.94. The van der Waals surface area contributed by atoms with Crippen LogP contribution in [-0.4, -0.2) is 27.2 Å². The van der Waals surface area contributed by atoms with Crippen LogP contribution < -0.4 is 9.46 Å². The van der Waals surface area contributed by atoms with Gasteiger partial charge in [-0.3, -0.25) is 0 Å². The molecule has 7 heteroatoms. The Morgan fingerprint density at radius 2 is 1.95 bits per heavy atom. The minimum atomic E-state index is -3.76. The van der Waals surface area contributed by atoms with Crippen molar-refractivity contribution in [1.29, 1.82) is 0 Å². The summed E-state index contributed by atoms with van der Waals surface area (Å²) in [5.41, 5.74) is 0.134. The van der Waals surface area contributed by atoms with Gasteiger partial charge in [0.15, 0.2) is 0 Å². The maximum absolute atomic E-state index is 12.3. The van der Waals surface area contributed by atoms with E-state index in [0.717, 1.165) is 0 Å². The van der Waals surface area contributed by atoms with Crippen LogP contribution in [0, 0.1) is 5.41 Å². The molecule has 1 aromatic rings. The van der Waals surface area contributed by atoms with Gasteiger partial charge in [-0.25, -0.2) is 13.1 Å². The lowest BCUT2D eigenvalue weighted by molar-refractivity contribution is 0.272. The largest absolute Gasteiger partial charge is 0.495 e. The molecule has 0 aromatic heterocycles. The Balaban J connectivity index is 3.27. The first kappa shape index (κ1) is 17.2. The van der Waals surface area contributed by atoms with Gasteiger partial charge in [0, 0.05) is 17.1 Å². The zero-order chi connectivity index (χ0) is 15.6. The standard InChI is InChI=1S/C13H20ClNO4S/c1-13(2,3)8-15-20(17,18)11-6-10(14)5-9(7-16)12(11)19-4/h5-6,15-16H,7-8H2,1-4H3. The van der Waals surface area contributed by atoms with Crippen molar-refractivity contribution in [2.75, 3.05) is 13.7 Å². The molecular weight excluding hydrogens is 302 g/mol. The summed E-state index contributed by atoms with van der Waals surface area (Å²) in [5.74, 6) is 0.110. The van der Waals surface area contributed by atoms with Gasteiger partial charge in [0.1, 0.15) is 10.6 Å². The van der Waals surface area contributed by atoms with E-state index in [0.29, 0.717) is 5.56 Å². The molecule has 0 saturated heterocycles. The van der Waals surface area contributed by atoms with E-state index in [1.54, 1.807) is 0 Å². The summed E-state index contributed by atoms with van der Waals surface area (Å²) in [4.78, 5) is -0.0687. The smallest absolute Gasteiger partial charge is 0.244 e. The Labute approximate surface area is 125 Å². The lowest BCUT2D eigenvalue weighted by atomic mass is 9.98. The molecule has 1 rings (SSSR count). The molecule has 0 heterocycles. The van der Waals surface area contributed by atoms with Crippen molar-refractivity contribution < 1.29 is 18.3 Å². The molecule has 5 nitrogen and oxygen atoms in total. The van der Waals surface area contributed by atoms with Gasteiger partial charge in [0.05, 0.1) is 13.7 Å². The van der Waals surface area contributed by atoms with Gasteiger partial charge < -0.3 is 9.84 Å². The van der Waals surface area contributed by atoms with Crippen LogP contribution in [0.25, 0.3) is 0 Å². The molecule has 0 atom stereocenters. The van der Waals surface area contributed by atoms with E-state index < -0.39 is 10.0 Å². The van der Waals surface area contributed by atoms with Crippen molar-refractivity contribution in [1.82, 2.24) is 4.72 Å². The third-order valence-electron chi connectivity index (χ3n) is 2.55. The minimum absolute atomic E-state index is 0.0687. The zero-order valence-corrected chi connectivity index (χ0v) is 13.6. The highest BCUT2D eigenvalue weighted by Gasteiger charge is 2.24. The number of benzene rings is 1. The van der Waals surface area contributed by atoms with Crippen LogP contribution in [-0.2, 0) is 16.6 Å². The summed E-state index contributed by atoms with van der Waals surface area (Å²) < 4.78 is 32.3. The third kappa shape index (κ3) is 4.34. The average Bonchev–Trinajstić information content (AvgIpc) is 2.34. The van der Waals surface area contributed by atoms with Crippen LogP contribution in [0.3, 0.4) is 0 Å². The second-order valence-corrected chi connectivity index (χ2v) is 7.81. The lowest BCUT2D eigenvalue weighted by Crippen LogP contribution is -2.32. The number of nitrogens with one attached hydrogen (secondary N) is 1. The van der Waals surface area contributed by atoms with E-state index in [1.807, 2.05) is 20.8 Å². The highest BCUT2D eigenvalue weighted by Crippen LogP contribution is 2.32. The number of aliphatic hydroxyl groups excluding tert-OH is 1. The molecule has 0 spiro atoms. The molecule has 0 unspecified atom stereocenters. The Morgan fingerprint density at radius 3 is 2.40 bits per heavy atom. The molecule has 0 bridgehead atoms. The number of ether oxygens (including phenoxy) is 1. The van der Waals surface area contributed by atoms with Crippen molar-refractivity contribution in [3.8, 4) is 5.75 Å². The number of rotatable bonds is 5. The predicted molar refractivity (Wildman–Crippen MR) is 78.6 cm³/mol. The summed E-state index contributed by atoms with van der Waals surface area (Å²) >= 11 is 5.89. The second kappa shape index (κ2) is 6.30. The fraction of sp³-hybridized carbons (Fsp3) is 0.538. The van der Waals surface area contributed by atoms with Crippen LogP contribution in [0.15, 0.2) is 17.0 Å². The van der Waals surface area contributed by atoms with Crippen molar-refractivity contribution in [2.24, 2.45) is 5.41 Å². The van der Waals surface area contributed by atoms with Gasteiger partial charge in [-0.1, -0.05) is 32.4 Å². The molecule has 1 aromatic carbocycles. The number of methoxy groups -OCH3 is 1. The molecule has 0 aliphatic carbocycles. The highest BCUT2D eigenvalue weighted by atomic mass is 35.5. The third-order valence-corrected chi connectivity index (χ3v) is 4.18. The molecule has 0 aliphatic rings. The number of aliphatic hydroxyl groups is 1. The number of halogens is 1. The topological polar surface area (TPSA) is 75.6 Å². The van der Waals surface area contributed by atoms with Crippen LogP contribution in [0.1, 0.15) is 26.3 Å². The average molecular weight is 322 g/mol. The molecular formula is C13H20ClNO4S. The minimum Gasteiger partial charge on any atom is -0.495 e. The zero-order valence-electron chi connectivity index (χ0n) is 12.0. The van der Waals surface area contributed by atoms with E-state index in [2.05, 4.69) is 4.72 Å². The van der Waals surface area contributed by atoms with E-state index in [9.17, 15) is 13.5 Å². The molecule has 114 valence electrons. The fourth-order valence-electron chi connectivity index (χ4n) is 1.56. The monoisotopic (exact) mass is 321 g/mol. The SMILES string of the molecule is COc1c(CO)cc(Cl)cc1S(=O)(=O)NCC(C)(C)C. The number of sulfonamides is 1. The van der Waals surface area contributed by atoms with Crippen LogP contribution >= 0.6 is 11.6 Å². The quantitative estimate of drug-likeness (QED) is 0.871. The van der Waals surface area contributed by atoms with Gasteiger partial charge in [0.2, 0.25) is 10.0 Å². The summed E-state index contributed by atoms with van der Waals surface area (Å²) in [7, 11) is -2.41. The molecule has 0 radical (unpaired) electrons. The van der Waals surface area contributed by atoms with E-state index in [1.165, 1.54) is 19.2 Å². The van der Waals surface area contributed by atoms with E-state index >= 15 is 0 Å². The van der Waals surface area contributed by atoms with Gasteiger partial charge in [-0.2, -0.15) is 0 Å². The van der Waals surface area contributed by atoms with Gasteiger partial charge in [-0.05, 0) is 17.5 Å². The van der Waals surface area contributed by atoms with Gasteiger partial charge in [0.25, 0.3) is 0 Å². The number of hydrogen-bond donors (Lipinski definition) is 2. The molecule has 0 saturated carbocycles. The number of hydrogen-bond acceptors (Lipinski definition) is 4. The summed E-state index contributed by atoms with van der Waals surface area (Å²) in [6.45, 7) is 5.68. The Morgan fingerprint density at radius 1 is 1.35 bits per heavy atom. The van der Waals surface area contributed by atoms with Crippen molar-refractivity contribution in [3.05, 3.63) is 22.7 Å². The van der Waals surface area contributed by atoms with Gasteiger partial charge in [-0.15, -0.1) is 0 Å². The van der Waals surface area contributed by atoms with Crippen LogP contribution in [0.2, 0.25) is 5.02 Å². The Hall–Kier alpha value is -0.820. The fourth-order valence-corrected chi connectivity index (χ4v) is 3.39. The summed E-state index contributed by atoms with van der Waals surface area (Å²) in [6, 6.07) is 2.79. The summed E-state index contributed by atoms with van der Waals surface area (Å²) in [5, 5.41) is 9.50. The summed E-state index contributed by atoms with van der Waals surface area (Å²) in [6.07, 6.45) is 0. The predicted octanol–water partition coefficient (Wildman–Crippen LogP) is 2.17.